The average molecular weight is 501 g/mol. The van der Waals surface area contributed by atoms with E-state index in [1.54, 1.807) is 0 Å². The van der Waals surface area contributed by atoms with E-state index in [1.807, 2.05) is 0 Å². The molecule has 0 radical (unpaired) electrons. The van der Waals surface area contributed by atoms with Gasteiger partial charge >= 0.3 is 0 Å². The second-order valence-electron chi connectivity index (χ2n) is 14.7. The topological polar surface area (TPSA) is 0 Å². The van der Waals surface area contributed by atoms with Crippen molar-refractivity contribution in [2.45, 2.75) is 99.1 Å². The van der Waals surface area contributed by atoms with Crippen molar-refractivity contribution in [2.75, 3.05) is 0 Å². The normalized spacial score (nSPS) is 13.7. The van der Waals surface area contributed by atoms with Crippen molar-refractivity contribution in [3.05, 3.63) is 83.4 Å². The highest BCUT2D eigenvalue weighted by Crippen LogP contribution is 2.58. The first-order valence-corrected chi connectivity index (χ1v) is 14.0. The van der Waals surface area contributed by atoms with Gasteiger partial charge < -0.3 is 0 Å². The highest BCUT2D eigenvalue weighted by atomic mass is 31.0. The summed E-state index contributed by atoms with van der Waals surface area (Å²) in [6.45, 7) is 27.8. The molecule has 0 saturated carbocycles. The molecule has 1 unspecified atom stereocenters. The lowest BCUT2D eigenvalue weighted by Crippen LogP contribution is -2.45. The third-order valence-corrected chi connectivity index (χ3v) is 10.0. The predicted molar refractivity (Wildman–Crippen MR) is 165 cm³/mol. The van der Waals surface area contributed by atoms with Crippen LogP contribution in [0.5, 0.6) is 0 Å². The summed E-state index contributed by atoms with van der Waals surface area (Å²) in [6.07, 6.45) is 0. The van der Waals surface area contributed by atoms with Crippen molar-refractivity contribution in [1.29, 1.82) is 0 Å². The molecule has 3 aromatic carbocycles. The van der Waals surface area contributed by atoms with E-state index < -0.39 is 0 Å². The van der Waals surface area contributed by atoms with Crippen LogP contribution in [0.2, 0.25) is 0 Å². The van der Waals surface area contributed by atoms with Gasteiger partial charge in [-0.05, 0) is 66.7 Å². The average Bonchev–Trinajstić information content (AvgIpc) is 2.75. The molecule has 194 valence electrons. The van der Waals surface area contributed by atoms with E-state index >= 15 is 0 Å². The van der Waals surface area contributed by atoms with Crippen LogP contribution in [-0.2, 0) is 16.0 Å². The van der Waals surface area contributed by atoms with Gasteiger partial charge in [-0.1, -0.05) is 144 Å². The molecule has 1 heteroatoms. The largest absolute Gasteiger partial charge is 0.125 e. The Hall–Kier alpha value is -1.91. The van der Waals surface area contributed by atoms with E-state index in [4.69, 9.17) is 0 Å². The van der Waals surface area contributed by atoms with Crippen molar-refractivity contribution in [2.24, 2.45) is 10.8 Å². The smallest absolute Gasteiger partial charge is 0.0194 e. The maximum atomic E-state index is 3.27. The standard InChI is InChI=1S/C35H49P/c1-31(2,3)26-17-13-24(14-18-26)29-22-21-28(35(36,33(7,8)9)34(10,11)12)23-30(29)25-15-19-27(20-16-25)32(4,5)6/h13-23H,36H2,1-12H3. The first-order chi connectivity index (χ1) is 16.3. The molecule has 1 atom stereocenters. The minimum Gasteiger partial charge on any atom is -0.125 e. The van der Waals surface area contributed by atoms with Crippen molar-refractivity contribution < 1.29 is 0 Å². The molecule has 0 heterocycles. The van der Waals surface area contributed by atoms with Crippen molar-refractivity contribution in [1.82, 2.24) is 0 Å². The quantitative estimate of drug-likeness (QED) is 0.314. The molecule has 0 N–H and O–H groups in total. The molecule has 0 aromatic heterocycles. The van der Waals surface area contributed by atoms with E-state index in [0.717, 1.165) is 0 Å². The lowest BCUT2D eigenvalue weighted by Gasteiger charge is -2.52. The molecule has 0 saturated heterocycles. The van der Waals surface area contributed by atoms with Gasteiger partial charge in [0.25, 0.3) is 0 Å². The molecule has 36 heavy (non-hydrogen) atoms. The fraction of sp³-hybridized carbons (Fsp3) is 0.486. The maximum absolute atomic E-state index is 3.27. The first-order valence-electron chi connectivity index (χ1n) is 13.4. The van der Waals surface area contributed by atoms with Crippen LogP contribution in [0, 0.1) is 10.8 Å². The SMILES string of the molecule is CC(C)(C)c1ccc(-c2ccc(C(P)(C(C)(C)C)C(C)(C)C)cc2-c2ccc(C(C)(C)C)cc2)cc1. The maximum Gasteiger partial charge on any atom is 0.0194 e. The Morgan fingerprint density at radius 1 is 0.417 bits per heavy atom. The van der Waals surface area contributed by atoms with Gasteiger partial charge in [-0.15, -0.1) is 9.24 Å². The molecule has 0 nitrogen and oxygen atoms in total. The lowest BCUT2D eigenvalue weighted by atomic mass is 9.62. The van der Waals surface area contributed by atoms with Gasteiger partial charge in [-0.25, -0.2) is 0 Å². The van der Waals surface area contributed by atoms with Crippen LogP contribution in [-0.4, -0.2) is 0 Å². The number of hydrogen-bond acceptors (Lipinski definition) is 0. The van der Waals surface area contributed by atoms with Gasteiger partial charge in [-0.2, -0.15) is 0 Å². The molecule has 0 amide bonds. The predicted octanol–water partition coefficient (Wildman–Crippen LogP) is 10.8. The van der Waals surface area contributed by atoms with Crippen LogP contribution in [0.3, 0.4) is 0 Å². The zero-order valence-corrected chi connectivity index (χ0v) is 26.1. The molecule has 0 bridgehead atoms. The minimum atomic E-state index is -0.0886. The molecular formula is C35H49P. The number of rotatable bonds is 3. The Morgan fingerprint density at radius 2 is 0.750 bits per heavy atom. The molecule has 3 rings (SSSR count). The fourth-order valence-electron chi connectivity index (χ4n) is 5.57. The Labute approximate surface area is 224 Å². The molecule has 0 aliphatic carbocycles. The van der Waals surface area contributed by atoms with Gasteiger partial charge in [0, 0.05) is 5.16 Å². The second-order valence-corrected chi connectivity index (χ2v) is 15.6. The summed E-state index contributed by atoms with van der Waals surface area (Å²) in [7, 11) is 3.27. The van der Waals surface area contributed by atoms with Crippen LogP contribution in [0.1, 0.15) is 99.8 Å². The van der Waals surface area contributed by atoms with Crippen LogP contribution >= 0.6 is 9.24 Å². The first kappa shape index (κ1) is 28.7. The summed E-state index contributed by atoms with van der Waals surface area (Å²) in [5.41, 5.74) is 9.66. The molecule has 0 aliphatic rings. The van der Waals surface area contributed by atoms with Crippen molar-refractivity contribution in [3.8, 4) is 22.3 Å². The van der Waals surface area contributed by atoms with Gasteiger partial charge in [0.1, 0.15) is 0 Å². The summed E-state index contributed by atoms with van der Waals surface area (Å²) in [4.78, 5) is 0. The zero-order valence-electron chi connectivity index (χ0n) is 24.9. The van der Waals surface area contributed by atoms with E-state index in [-0.39, 0.29) is 26.8 Å². The summed E-state index contributed by atoms with van der Waals surface area (Å²) in [6, 6.07) is 25.6. The van der Waals surface area contributed by atoms with Crippen LogP contribution < -0.4 is 0 Å². The Morgan fingerprint density at radius 3 is 1.08 bits per heavy atom. The number of hydrogen-bond donors (Lipinski definition) is 0. The summed E-state index contributed by atoms with van der Waals surface area (Å²) in [5.74, 6) is 0. The molecule has 0 spiro atoms. The summed E-state index contributed by atoms with van der Waals surface area (Å²) < 4.78 is 0. The van der Waals surface area contributed by atoms with Crippen LogP contribution in [0.4, 0.5) is 0 Å². The third kappa shape index (κ3) is 5.50. The van der Waals surface area contributed by atoms with Gasteiger partial charge in [0.05, 0.1) is 0 Å². The second kappa shape index (κ2) is 9.44. The van der Waals surface area contributed by atoms with Gasteiger partial charge in [0.2, 0.25) is 0 Å². The summed E-state index contributed by atoms with van der Waals surface area (Å²) in [5, 5.41) is -0.0886. The van der Waals surface area contributed by atoms with Crippen molar-refractivity contribution >= 4 is 9.24 Å². The third-order valence-electron chi connectivity index (χ3n) is 7.96. The van der Waals surface area contributed by atoms with Crippen LogP contribution in [0.15, 0.2) is 66.7 Å². The zero-order chi connectivity index (χ0) is 27.3. The van der Waals surface area contributed by atoms with Crippen LogP contribution in [0.25, 0.3) is 22.3 Å². The lowest BCUT2D eigenvalue weighted by molar-refractivity contribution is 0.140. The molecule has 0 fully saturated rings. The molecule has 0 aliphatic heterocycles. The monoisotopic (exact) mass is 500 g/mol. The minimum absolute atomic E-state index is 0.0686. The Kier molecular flexibility index (Phi) is 7.51. The Bertz CT molecular complexity index is 1170. The number of benzene rings is 3. The summed E-state index contributed by atoms with van der Waals surface area (Å²) >= 11 is 0. The molecular weight excluding hydrogens is 451 g/mol. The Balaban J connectivity index is 2.28. The fourth-order valence-corrected chi connectivity index (χ4v) is 5.75. The van der Waals surface area contributed by atoms with E-state index in [9.17, 15) is 0 Å². The van der Waals surface area contributed by atoms with E-state index in [0.29, 0.717) is 0 Å². The van der Waals surface area contributed by atoms with E-state index in [2.05, 4.69) is 159 Å². The highest BCUT2D eigenvalue weighted by molar-refractivity contribution is 7.18. The van der Waals surface area contributed by atoms with E-state index in [1.165, 1.54) is 38.9 Å². The van der Waals surface area contributed by atoms with Crippen molar-refractivity contribution in [3.63, 3.8) is 0 Å². The van der Waals surface area contributed by atoms with Gasteiger partial charge in [0.15, 0.2) is 0 Å². The van der Waals surface area contributed by atoms with Gasteiger partial charge in [-0.3, -0.25) is 0 Å². The highest BCUT2D eigenvalue weighted by Gasteiger charge is 2.48. The molecule has 3 aromatic rings.